The normalized spacial score (nSPS) is 14.0. The van der Waals surface area contributed by atoms with E-state index in [4.69, 9.17) is 4.52 Å². The number of hydrogen-bond acceptors (Lipinski definition) is 3. The van der Waals surface area contributed by atoms with Gasteiger partial charge in [0.25, 0.3) is 0 Å². The quantitative estimate of drug-likeness (QED) is 0.668. The van der Waals surface area contributed by atoms with Crippen molar-refractivity contribution in [3.05, 3.63) is 101 Å². The molecule has 0 aliphatic carbocycles. The van der Waals surface area contributed by atoms with Crippen LogP contribution in [0.5, 0.6) is 0 Å². The first-order valence-electron chi connectivity index (χ1n) is 7.74. The van der Waals surface area contributed by atoms with Gasteiger partial charge in [0.15, 0.2) is 5.16 Å². The van der Waals surface area contributed by atoms with Crippen LogP contribution in [0, 0.1) is 11.6 Å². The molecule has 134 valence electrons. The molecule has 0 bridgehead atoms. The summed E-state index contributed by atoms with van der Waals surface area (Å²) in [5.41, 5.74) is 0.833. The summed E-state index contributed by atoms with van der Waals surface area (Å²) in [5.74, 6) is -0.985. The van der Waals surface area contributed by atoms with Crippen LogP contribution in [0.3, 0.4) is 0 Å². The fraction of sp³-hybridized carbons (Fsp3) is 0.105. The van der Waals surface area contributed by atoms with Crippen molar-refractivity contribution in [3.63, 3.8) is 0 Å². The Labute approximate surface area is 149 Å². The molecule has 1 atom stereocenters. The highest BCUT2D eigenvalue weighted by Crippen LogP contribution is 2.66. The van der Waals surface area contributed by atoms with E-state index >= 15 is 0 Å². The van der Waals surface area contributed by atoms with Gasteiger partial charge in [-0.15, -0.1) is 0 Å². The van der Waals surface area contributed by atoms with Gasteiger partial charge >= 0.3 is 7.60 Å². The third kappa shape index (κ3) is 2.97. The molecular weight excluding hydrogens is 359 g/mol. The van der Waals surface area contributed by atoms with E-state index in [2.05, 4.69) is 4.98 Å². The second-order valence-electron chi connectivity index (χ2n) is 5.64. The Balaban J connectivity index is 2.44. The van der Waals surface area contributed by atoms with Gasteiger partial charge in [0.2, 0.25) is 0 Å². The molecule has 0 aliphatic rings. The van der Waals surface area contributed by atoms with E-state index in [1.807, 2.05) is 0 Å². The van der Waals surface area contributed by atoms with Crippen molar-refractivity contribution in [3.8, 4) is 0 Å². The summed E-state index contributed by atoms with van der Waals surface area (Å²) in [7, 11) is -3.30. The van der Waals surface area contributed by atoms with Crippen molar-refractivity contribution in [1.29, 1.82) is 0 Å². The van der Waals surface area contributed by atoms with Crippen LogP contribution in [0.4, 0.5) is 8.78 Å². The van der Waals surface area contributed by atoms with E-state index in [1.165, 1.54) is 54.7 Å². The zero-order chi connectivity index (χ0) is 18.8. The number of rotatable bonds is 5. The summed E-state index contributed by atoms with van der Waals surface area (Å²) in [6, 6.07) is 15.2. The number of hydrogen-bond donors (Lipinski definition) is 1. The molecule has 0 saturated heterocycles. The molecule has 0 saturated carbocycles. The number of halogens is 2. The lowest BCUT2D eigenvalue weighted by Crippen LogP contribution is -2.31. The third-order valence-electron chi connectivity index (χ3n) is 4.23. The predicted molar refractivity (Wildman–Crippen MR) is 93.8 cm³/mol. The van der Waals surface area contributed by atoms with Crippen molar-refractivity contribution in [2.24, 2.45) is 0 Å². The summed E-state index contributed by atoms with van der Waals surface area (Å²) in [5, 5.41) is -1.75. The van der Waals surface area contributed by atoms with E-state index in [1.54, 1.807) is 18.2 Å². The molecule has 1 unspecified atom stereocenters. The van der Waals surface area contributed by atoms with Crippen LogP contribution >= 0.6 is 7.60 Å². The van der Waals surface area contributed by atoms with Crippen LogP contribution in [0.15, 0.2) is 72.9 Å². The highest BCUT2D eigenvalue weighted by atomic mass is 31.2. The van der Waals surface area contributed by atoms with Crippen molar-refractivity contribution in [2.45, 2.75) is 5.16 Å². The lowest BCUT2D eigenvalue weighted by molar-refractivity contribution is 0.296. The Bertz CT molecular complexity index is 886. The maximum Gasteiger partial charge on any atom is 0.348 e. The number of aromatic nitrogens is 1. The van der Waals surface area contributed by atoms with Gasteiger partial charge in [0.1, 0.15) is 11.6 Å². The number of pyridine rings is 1. The predicted octanol–water partition coefficient (Wildman–Crippen LogP) is 4.48. The van der Waals surface area contributed by atoms with Crippen molar-refractivity contribution >= 4 is 7.60 Å². The van der Waals surface area contributed by atoms with E-state index in [0.717, 1.165) is 7.11 Å². The molecule has 1 aromatic heterocycles. The molecule has 0 aliphatic heterocycles. The molecule has 1 heterocycles. The monoisotopic (exact) mass is 375 g/mol. The first-order chi connectivity index (χ1) is 12.4. The SMILES string of the molecule is COP(=O)(O)C(c1ccc(F)cc1)(c1ccc(F)cc1)c1ccccn1. The Kier molecular flexibility index (Phi) is 5.01. The standard InChI is InChI=1S/C19H16F2NO3P/c1-25-26(23,24)19(18-4-2-3-13-22-18,14-5-9-16(20)10-6-14)15-7-11-17(21)12-8-15/h2-13H,1H3,(H,23,24). The largest absolute Gasteiger partial charge is 0.348 e. The molecule has 4 nitrogen and oxygen atoms in total. The van der Waals surface area contributed by atoms with Gasteiger partial charge in [0, 0.05) is 13.3 Å². The lowest BCUT2D eigenvalue weighted by Gasteiger charge is -2.36. The van der Waals surface area contributed by atoms with Gasteiger partial charge in [-0.05, 0) is 47.5 Å². The zero-order valence-corrected chi connectivity index (χ0v) is 14.7. The highest BCUT2D eigenvalue weighted by Gasteiger charge is 2.54. The van der Waals surface area contributed by atoms with Crippen LogP contribution in [-0.2, 0) is 14.2 Å². The van der Waals surface area contributed by atoms with Gasteiger partial charge in [-0.3, -0.25) is 9.55 Å². The molecule has 3 rings (SSSR count). The molecule has 2 aromatic carbocycles. The van der Waals surface area contributed by atoms with Gasteiger partial charge in [-0.1, -0.05) is 30.3 Å². The first kappa shape index (κ1) is 18.4. The Morgan fingerprint density at radius 3 is 1.81 bits per heavy atom. The van der Waals surface area contributed by atoms with Gasteiger partial charge in [-0.2, -0.15) is 0 Å². The second-order valence-corrected chi connectivity index (χ2v) is 7.72. The van der Waals surface area contributed by atoms with Crippen molar-refractivity contribution in [1.82, 2.24) is 4.98 Å². The molecule has 7 heteroatoms. The fourth-order valence-electron chi connectivity index (χ4n) is 3.03. The number of nitrogens with zero attached hydrogens (tertiary/aromatic N) is 1. The molecule has 0 spiro atoms. The summed E-state index contributed by atoms with van der Waals surface area (Å²) in [6.07, 6.45) is 1.48. The molecular formula is C19H16F2NO3P. The van der Waals surface area contributed by atoms with Crippen LogP contribution in [-0.4, -0.2) is 17.0 Å². The third-order valence-corrected chi connectivity index (χ3v) is 6.32. The minimum absolute atomic E-state index is 0.228. The van der Waals surface area contributed by atoms with Gasteiger partial charge in [0.05, 0.1) is 5.69 Å². The van der Waals surface area contributed by atoms with Crippen LogP contribution in [0.1, 0.15) is 16.8 Å². The van der Waals surface area contributed by atoms with Crippen LogP contribution < -0.4 is 0 Å². The summed E-state index contributed by atoms with van der Waals surface area (Å²) < 4.78 is 45.3. The highest BCUT2D eigenvalue weighted by molar-refractivity contribution is 7.54. The van der Waals surface area contributed by atoms with Gasteiger partial charge in [-0.25, -0.2) is 8.78 Å². The average Bonchev–Trinajstić information content (AvgIpc) is 2.66. The first-order valence-corrected chi connectivity index (χ1v) is 9.32. The smallest absolute Gasteiger partial charge is 0.323 e. The Hall–Kier alpha value is -2.40. The topological polar surface area (TPSA) is 59.4 Å². The van der Waals surface area contributed by atoms with Crippen LogP contribution in [0.25, 0.3) is 0 Å². The molecule has 0 amide bonds. The minimum Gasteiger partial charge on any atom is -0.323 e. The zero-order valence-electron chi connectivity index (χ0n) is 13.8. The molecule has 3 aromatic rings. The van der Waals surface area contributed by atoms with E-state index < -0.39 is 24.4 Å². The molecule has 1 N–H and O–H groups in total. The summed E-state index contributed by atoms with van der Waals surface area (Å²) in [4.78, 5) is 15.1. The second kappa shape index (κ2) is 7.08. The summed E-state index contributed by atoms with van der Waals surface area (Å²) >= 11 is 0. The lowest BCUT2D eigenvalue weighted by atomic mass is 9.86. The molecule has 0 fully saturated rings. The maximum atomic E-state index is 13.5. The Morgan fingerprint density at radius 1 is 0.923 bits per heavy atom. The molecule has 0 radical (unpaired) electrons. The van der Waals surface area contributed by atoms with E-state index in [0.29, 0.717) is 11.1 Å². The van der Waals surface area contributed by atoms with Crippen molar-refractivity contribution < 1.29 is 22.8 Å². The molecule has 26 heavy (non-hydrogen) atoms. The van der Waals surface area contributed by atoms with Gasteiger partial charge < -0.3 is 9.42 Å². The maximum absolute atomic E-state index is 13.5. The number of benzene rings is 2. The van der Waals surface area contributed by atoms with Crippen molar-refractivity contribution in [2.75, 3.05) is 7.11 Å². The average molecular weight is 375 g/mol. The van der Waals surface area contributed by atoms with E-state index in [-0.39, 0.29) is 5.69 Å². The van der Waals surface area contributed by atoms with E-state index in [9.17, 15) is 18.2 Å². The van der Waals surface area contributed by atoms with Crippen LogP contribution in [0.2, 0.25) is 0 Å². The summed E-state index contributed by atoms with van der Waals surface area (Å²) in [6.45, 7) is 0. The Morgan fingerprint density at radius 2 is 1.42 bits per heavy atom. The fourth-order valence-corrected chi connectivity index (χ4v) is 4.68. The minimum atomic E-state index is -4.42.